The number of halogens is 2. The molecule has 2 atom stereocenters. The number of hydrogen-bond acceptors (Lipinski definition) is 5. The van der Waals surface area contributed by atoms with Crippen LogP contribution in [0.2, 0.25) is 0 Å². The number of aromatic amines is 1. The van der Waals surface area contributed by atoms with Crippen molar-refractivity contribution in [2.75, 3.05) is 0 Å². The van der Waals surface area contributed by atoms with Gasteiger partial charge in [0.1, 0.15) is 22.8 Å². The Morgan fingerprint density at radius 2 is 1.82 bits per heavy atom. The molecule has 2 aromatic heterocycles. The van der Waals surface area contributed by atoms with Gasteiger partial charge in [-0.15, -0.1) is 0 Å². The summed E-state index contributed by atoms with van der Waals surface area (Å²) in [5, 5.41) is 13.3. The van der Waals surface area contributed by atoms with E-state index in [2.05, 4.69) is 15.3 Å². The van der Waals surface area contributed by atoms with Gasteiger partial charge in [-0.2, -0.15) is 4.39 Å². The molecule has 0 bridgehead atoms. The van der Waals surface area contributed by atoms with E-state index in [1.165, 1.54) is 36.5 Å². The average Bonchev–Trinajstić information content (AvgIpc) is 3.02. The molecule has 3 heterocycles. The number of aromatic nitrogens is 2. The molecule has 1 aromatic carbocycles. The van der Waals surface area contributed by atoms with E-state index in [4.69, 9.17) is 4.99 Å². The van der Waals surface area contributed by atoms with Crippen molar-refractivity contribution in [1.29, 1.82) is 0 Å². The summed E-state index contributed by atoms with van der Waals surface area (Å²) in [5.74, 6) is -1.00. The molecule has 28 heavy (non-hydrogen) atoms. The second kappa shape index (κ2) is 6.56. The van der Waals surface area contributed by atoms with E-state index in [0.717, 1.165) is 0 Å². The maximum Gasteiger partial charge on any atom is 0.248 e. The monoisotopic (exact) mass is 382 g/mol. The second-order valence-electron chi connectivity index (χ2n) is 6.55. The van der Waals surface area contributed by atoms with Crippen LogP contribution in [0.3, 0.4) is 0 Å². The van der Waals surface area contributed by atoms with E-state index < -0.39 is 28.9 Å². The van der Waals surface area contributed by atoms with Crippen molar-refractivity contribution >= 4 is 5.84 Å². The number of aromatic hydroxyl groups is 1. The minimum Gasteiger partial charge on any atom is -0.506 e. The summed E-state index contributed by atoms with van der Waals surface area (Å²) in [6.07, 6.45) is 1.33. The maximum atomic E-state index is 13.9. The van der Waals surface area contributed by atoms with Gasteiger partial charge < -0.3 is 15.4 Å². The predicted molar refractivity (Wildman–Crippen MR) is 99.2 cm³/mol. The number of nitrogens with one attached hydrogen (secondary N) is 2. The van der Waals surface area contributed by atoms with E-state index in [-0.39, 0.29) is 17.3 Å². The first kappa shape index (κ1) is 17.8. The van der Waals surface area contributed by atoms with Crippen molar-refractivity contribution in [3.8, 4) is 5.75 Å². The molecule has 0 radical (unpaired) electrons. The lowest BCUT2D eigenvalue weighted by Crippen LogP contribution is -2.41. The Balaban J connectivity index is 1.97. The van der Waals surface area contributed by atoms with E-state index >= 15 is 0 Å². The lowest BCUT2D eigenvalue weighted by Gasteiger charge is -2.31. The minimum atomic E-state index is -1.12. The summed E-state index contributed by atoms with van der Waals surface area (Å²) in [6, 6.07) is 10.7. The molecule has 0 amide bonds. The molecule has 0 spiro atoms. The van der Waals surface area contributed by atoms with Crippen molar-refractivity contribution in [3.05, 3.63) is 93.7 Å². The van der Waals surface area contributed by atoms with Crippen LogP contribution in [0.5, 0.6) is 5.75 Å². The van der Waals surface area contributed by atoms with Crippen molar-refractivity contribution in [1.82, 2.24) is 15.3 Å². The molecule has 0 fully saturated rings. The van der Waals surface area contributed by atoms with E-state index in [1.54, 1.807) is 18.2 Å². The van der Waals surface area contributed by atoms with Gasteiger partial charge in [0.05, 0.1) is 6.04 Å². The molecule has 1 aliphatic heterocycles. The van der Waals surface area contributed by atoms with Crippen molar-refractivity contribution in [3.63, 3.8) is 0 Å². The summed E-state index contributed by atoms with van der Waals surface area (Å²) in [5.41, 5.74) is -0.282. The van der Waals surface area contributed by atoms with Crippen LogP contribution in [0.15, 0.2) is 64.5 Å². The maximum absolute atomic E-state index is 13.9. The standard InChI is InChI=1S/C20H16F2N4O2/c1-11-20(12-2-4-14(21)5-3-12,13-8-9-23-16(22)10-13)26-19(24-11)18-15(27)6-7-17(28)25-18/h2-11,27H,1H3,(H,24,26)(H,25,28)/t11-,20-/m0/s1. The number of nitrogens with zero attached hydrogens (tertiary/aromatic N) is 2. The number of benzene rings is 1. The van der Waals surface area contributed by atoms with Gasteiger partial charge in [-0.25, -0.2) is 14.4 Å². The molecule has 0 saturated carbocycles. The van der Waals surface area contributed by atoms with Gasteiger partial charge in [0, 0.05) is 12.3 Å². The highest BCUT2D eigenvalue weighted by Crippen LogP contribution is 2.41. The molecular weight excluding hydrogens is 366 g/mol. The van der Waals surface area contributed by atoms with Crippen molar-refractivity contribution in [2.45, 2.75) is 18.5 Å². The Morgan fingerprint density at radius 3 is 2.54 bits per heavy atom. The van der Waals surface area contributed by atoms with Crippen molar-refractivity contribution < 1.29 is 13.9 Å². The first-order chi connectivity index (χ1) is 13.4. The first-order valence-corrected chi connectivity index (χ1v) is 8.57. The topological polar surface area (TPSA) is 90.4 Å². The third kappa shape index (κ3) is 2.83. The fraction of sp³-hybridized carbons (Fsp3) is 0.150. The number of H-pyrrole nitrogens is 1. The normalized spacial score (nSPS) is 21.2. The highest BCUT2D eigenvalue weighted by molar-refractivity contribution is 6.01. The molecule has 0 aliphatic carbocycles. The van der Waals surface area contributed by atoms with Gasteiger partial charge >= 0.3 is 0 Å². The summed E-state index contributed by atoms with van der Waals surface area (Å²) in [4.78, 5) is 22.6. The van der Waals surface area contributed by atoms with Gasteiger partial charge in [0.15, 0.2) is 5.84 Å². The number of pyridine rings is 2. The summed E-state index contributed by atoms with van der Waals surface area (Å²) in [6.45, 7) is 1.83. The van der Waals surface area contributed by atoms with Crippen molar-refractivity contribution in [2.24, 2.45) is 4.99 Å². The third-order valence-corrected chi connectivity index (χ3v) is 4.85. The fourth-order valence-electron chi connectivity index (χ4n) is 3.53. The summed E-state index contributed by atoms with van der Waals surface area (Å²) < 4.78 is 27.4. The highest BCUT2D eigenvalue weighted by atomic mass is 19.1. The zero-order valence-corrected chi connectivity index (χ0v) is 14.8. The molecular formula is C20H16F2N4O2. The van der Waals surface area contributed by atoms with Crippen LogP contribution >= 0.6 is 0 Å². The number of amidine groups is 1. The van der Waals surface area contributed by atoms with Gasteiger partial charge in [0.2, 0.25) is 11.5 Å². The molecule has 6 nitrogen and oxygen atoms in total. The quantitative estimate of drug-likeness (QED) is 0.607. The molecule has 8 heteroatoms. The lowest BCUT2D eigenvalue weighted by molar-refractivity contribution is 0.448. The van der Waals surface area contributed by atoms with E-state index in [0.29, 0.717) is 11.1 Å². The number of rotatable bonds is 3. The highest BCUT2D eigenvalue weighted by Gasteiger charge is 2.45. The zero-order chi connectivity index (χ0) is 19.9. The molecule has 3 N–H and O–H groups in total. The molecule has 1 aliphatic rings. The number of aliphatic imine (C=N–C) groups is 1. The molecule has 4 rings (SSSR count). The molecule has 3 aromatic rings. The Bertz CT molecular complexity index is 1130. The summed E-state index contributed by atoms with van der Waals surface area (Å²) in [7, 11) is 0. The summed E-state index contributed by atoms with van der Waals surface area (Å²) >= 11 is 0. The Hall–Kier alpha value is -3.55. The van der Waals surface area contributed by atoms with Gasteiger partial charge in [0.25, 0.3) is 0 Å². The van der Waals surface area contributed by atoms with Gasteiger partial charge in [-0.3, -0.25) is 4.79 Å². The lowest BCUT2D eigenvalue weighted by atomic mass is 9.79. The minimum absolute atomic E-state index is 0.123. The van der Waals surface area contributed by atoms with Gasteiger partial charge in [-0.1, -0.05) is 12.1 Å². The van der Waals surface area contributed by atoms with Crippen LogP contribution in [-0.2, 0) is 5.54 Å². The van der Waals surface area contributed by atoms with E-state index in [1.807, 2.05) is 6.92 Å². The Labute approximate surface area is 158 Å². The fourth-order valence-corrected chi connectivity index (χ4v) is 3.53. The second-order valence-corrected chi connectivity index (χ2v) is 6.55. The average molecular weight is 382 g/mol. The van der Waals surface area contributed by atoms with Crippen LogP contribution in [0, 0.1) is 11.8 Å². The zero-order valence-electron chi connectivity index (χ0n) is 14.8. The van der Waals surface area contributed by atoms with E-state index in [9.17, 15) is 18.7 Å². The largest absolute Gasteiger partial charge is 0.506 e. The molecule has 142 valence electrons. The van der Waals surface area contributed by atoms with Crippen LogP contribution in [0.4, 0.5) is 8.78 Å². The number of hydrogen-bond donors (Lipinski definition) is 3. The third-order valence-electron chi connectivity index (χ3n) is 4.85. The van der Waals surface area contributed by atoms with Crippen LogP contribution < -0.4 is 10.9 Å². The first-order valence-electron chi connectivity index (χ1n) is 8.57. The Morgan fingerprint density at radius 1 is 1.07 bits per heavy atom. The SMILES string of the molecule is C[C@@H]1NC(c2[nH]c(=O)ccc2O)=N[C@@]1(c1ccc(F)cc1)c1ccnc(F)c1. The molecule has 0 unspecified atom stereocenters. The van der Waals surface area contributed by atoms with Crippen LogP contribution in [-0.4, -0.2) is 27.0 Å². The predicted octanol–water partition coefficient (Wildman–Crippen LogP) is 2.44. The van der Waals surface area contributed by atoms with Crippen LogP contribution in [0.25, 0.3) is 0 Å². The smallest absolute Gasteiger partial charge is 0.248 e. The van der Waals surface area contributed by atoms with Crippen LogP contribution in [0.1, 0.15) is 23.7 Å². The Kier molecular flexibility index (Phi) is 4.18. The molecule has 0 saturated heterocycles. The van der Waals surface area contributed by atoms with Gasteiger partial charge in [-0.05, 0) is 48.4 Å².